The molecule has 5 rings (SSSR count). The van der Waals surface area contributed by atoms with E-state index in [2.05, 4.69) is 0 Å². The highest BCUT2D eigenvalue weighted by Gasteiger charge is 2.34. The lowest BCUT2D eigenvalue weighted by molar-refractivity contribution is -0.172. The van der Waals surface area contributed by atoms with Crippen molar-refractivity contribution in [1.82, 2.24) is 9.96 Å². The number of hydroxylamine groups is 2. The summed E-state index contributed by atoms with van der Waals surface area (Å²) in [5, 5.41) is 10.6. The Bertz CT molecular complexity index is 1500. The van der Waals surface area contributed by atoms with Crippen LogP contribution in [0.15, 0.2) is 66.0 Å². The maximum Gasteiger partial charge on any atom is 0.363 e. The quantitative estimate of drug-likeness (QED) is 0.563. The standard InChI is InChI=1S/C29H27N3O7/c1-30(2)17-6-9-20-23(14-17)38-24-15-18(31(3)4)7-10-21(24)27(20)19-8-5-16(13-22(19)28(35)36)29(37)39-32-25(33)11-12-26(32)34/h5-10,13-15,17H,11-12H2,1-4H3,(H,35,36). The number of anilines is 1. The summed E-state index contributed by atoms with van der Waals surface area (Å²) in [5.41, 5.74) is 3.10. The average Bonchev–Trinajstić information content (AvgIpc) is 3.22. The van der Waals surface area contributed by atoms with E-state index in [-0.39, 0.29) is 30.0 Å². The summed E-state index contributed by atoms with van der Waals surface area (Å²) >= 11 is 0. The molecule has 1 atom stereocenters. The third-order valence-corrected chi connectivity index (χ3v) is 6.82. The van der Waals surface area contributed by atoms with Crippen molar-refractivity contribution in [3.05, 3.63) is 88.2 Å². The number of carboxylic acids is 1. The van der Waals surface area contributed by atoms with Crippen molar-refractivity contribution >= 4 is 35.0 Å². The molecule has 200 valence electrons. The van der Waals surface area contributed by atoms with Gasteiger partial charge >= 0.3 is 11.9 Å². The summed E-state index contributed by atoms with van der Waals surface area (Å²) in [5.74, 6) is -2.32. The minimum Gasteiger partial charge on any atom is -0.478 e. The number of rotatable bonds is 6. The van der Waals surface area contributed by atoms with Gasteiger partial charge in [-0.05, 0) is 50.0 Å². The first-order valence-electron chi connectivity index (χ1n) is 12.3. The molecule has 1 fully saturated rings. The molecule has 2 aromatic carbocycles. The SMILES string of the molecule is CN(C)c1ccc2c(c1)OC1=CC(N(C)C)C=CC1=C2c1ccc(C(=O)ON2C(=O)CCC2=O)cc1C(=O)O. The maximum atomic E-state index is 12.8. The highest BCUT2D eigenvalue weighted by atomic mass is 16.7. The summed E-state index contributed by atoms with van der Waals surface area (Å²) in [6, 6.07) is 9.83. The number of carbonyl (C=O) groups excluding carboxylic acids is 3. The monoisotopic (exact) mass is 529 g/mol. The molecule has 2 heterocycles. The molecular weight excluding hydrogens is 502 g/mol. The zero-order chi connectivity index (χ0) is 28.0. The van der Waals surface area contributed by atoms with Gasteiger partial charge in [-0.3, -0.25) is 14.5 Å². The molecule has 0 spiro atoms. The van der Waals surface area contributed by atoms with Gasteiger partial charge in [-0.25, -0.2) is 9.59 Å². The molecule has 0 saturated carbocycles. The molecule has 1 unspecified atom stereocenters. The average molecular weight is 530 g/mol. The second kappa shape index (κ2) is 9.88. The normalized spacial score (nSPS) is 18.0. The number of benzene rings is 2. The van der Waals surface area contributed by atoms with Gasteiger partial charge < -0.3 is 19.6 Å². The maximum absolute atomic E-state index is 12.8. The van der Waals surface area contributed by atoms with Gasteiger partial charge in [-0.15, -0.1) is 5.06 Å². The second-order valence-electron chi connectivity index (χ2n) is 9.84. The van der Waals surface area contributed by atoms with Crippen LogP contribution in [0.3, 0.4) is 0 Å². The number of allylic oxidation sites excluding steroid dienone is 1. The van der Waals surface area contributed by atoms with E-state index >= 15 is 0 Å². The zero-order valence-electron chi connectivity index (χ0n) is 21.9. The van der Waals surface area contributed by atoms with Crippen molar-refractivity contribution < 1.29 is 33.9 Å². The number of hydrogen-bond donors (Lipinski definition) is 1. The Morgan fingerprint density at radius 2 is 1.69 bits per heavy atom. The van der Waals surface area contributed by atoms with Crippen molar-refractivity contribution in [3.63, 3.8) is 0 Å². The van der Waals surface area contributed by atoms with Crippen molar-refractivity contribution in [2.45, 2.75) is 18.9 Å². The van der Waals surface area contributed by atoms with Gasteiger partial charge in [0.25, 0.3) is 11.8 Å². The highest BCUT2D eigenvalue weighted by molar-refractivity contribution is 6.05. The Labute approximate surface area is 225 Å². The lowest BCUT2D eigenvalue weighted by atomic mass is 9.84. The Balaban J connectivity index is 1.63. The van der Waals surface area contributed by atoms with Crippen molar-refractivity contribution in [3.8, 4) is 5.75 Å². The van der Waals surface area contributed by atoms with Gasteiger partial charge in [0.2, 0.25) is 0 Å². The third-order valence-electron chi connectivity index (χ3n) is 6.82. The number of carboxylic acid groups (broad SMARTS) is 1. The van der Waals surface area contributed by atoms with Crippen LogP contribution in [0, 0.1) is 0 Å². The highest BCUT2D eigenvalue weighted by Crippen LogP contribution is 2.45. The van der Waals surface area contributed by atoms with Crippen LogP contribution in [-0.4, -0.2) is 73.1 Å². The molecular formula is C29H27N3O7. The number of amides is 2. The second-order valence-corrected chi connectivity index (χ2v) is 9.84. The molecule has 2 aromatic rings. The molecule has 0 bridgehead atoms. The van der Waals surface area contributed by atoms with Crippen molar-refractivity contribution in [2.75, 3.05) is 33.1 Å². The smallest absolute Gasteiger partial charge is 0.363 e. The van der Waals surface area contributed by atoms with Crippen LogP contribution in [0.1, 0.15) is 44.7 Å². The Hall–Kier alpha value is -4.70. The molecule has 39 heavy (non-hydrogen) atoms. The number of imide groups is 1. The van der Waals surface area contributed by atoms with E-state index in [1.54, 1.807) is 0 Å². The van der Waals surface area contributed by atoms with Gasteiger partial charge in [0, 0.05) is 61.4 Å². The molecule has 10 nitrogen and oxygen atoms in total. The molecule has 10 heteroatoms. The summed E-state index contributed by atoms with van der Waals surface area (Å²) in [6.45, 7) is 0. The molecule has 0 aromatic heterocycles. The van der Waals surface area contributed by atoms with E-state index in [1.165, 1.54) is 18.2 Å². The summed E-state index contributed by atoms with van der Waals surface area (Å²) < 4.78 is 6.32. The van der Waals surface area contributed by atoms with Crippen molar-refractivity contribution in [2.24, 2.45) is 0 Å². The number of aromatic carboxylic acids is 1. The zero-order valence-corrected chi connectivity index (χ0v) is 21.9. The van der Waals surface area contributed by atoms with E-state index in [9.17, 15) is 24.3 Å². The van der Waals surface area contributed by atoms with Crippen LogP contribution in [-0.2, 0) is 14.4 Å². The first-order chi connectivity index (χ1) is 18.5. The largest absolute Gasteiger partial charge is 0.478 e. The minimum atomic E-state index is -1.25. The van der Waals surface area contributed by atoms with Crippen LogP contribution in [0.4, 0.5) is 5.69 Å². The van der Waals surface area contributed by atoms with E-state index in [1.807, 2.05) is 74.4 Å². The molecule has 0 radical (unpaired) electrons. The summed E-state index contributed by atoms with van der Waals surface area (Å²) in [6.07, 6.45) is 5.79. The van der Waals surface area contributed by atoms with E-state index in [0.29, 0.717) is 38.8 Å². The molecule has 1 aliphatic carbocycles. The molecule has 1 saturated heterocycles. The number of carbonyl (C=O) groups is 4. The number of fused-ring (bicyclic) bond motifs is 2. The fourth-order valence-corrected chi connectivity index (χ4v) is 4.69. The number of hydrogen-bond acceptors (Lipinski definition) is 8. The third kappa shape index (κ3) is 4.70. The predicted molar refractivity (Wildman–Crippen MR) is 142 cm³/mol. The number of ether oxygens (including phenoxy) is 1. The topological polar surface area (TPSA) is 117 Å². The van der Waals surface area contributed by atoms with E-state index in [4.69, 9.17) is 9.57 Å². The lowest BCUT2D eigenvalue weighted by Gasteiger charge is -2.31. The van der Waals surface area contributed by atoms with Gasteiger partial charge in [0.05, 0.1) is 11.1 Å². The number of likely N-dealkylation sites (N-methyl/N-ethyl adjacent to an activating group) is 1. The lowest BCUT2D eigenvalue weighted by Crippen LogP contribution is -2.32. The Morgan fingerprint density at radius 1 is 1.00 bits per heavy atom. The first kappa shape index (κ1) is 25.9. The Kier molecular flexibility index (Phi) is 6.57. The fraction of sp³-hybridized carbons (Fsp3) is 0.241. The summed E-state index contributed by atoms with van der Waals surface area (Å²) in [4.78, 5) is 57.9. The molecule has 2 aliphatic heterocycles. The summed E-state index contributed by atoms with van der Waals surface area (Å²) in [7, 11) is 7.74. The molecule has 1 N–H and O–H groups in total. The van der Waals surface area contributed by atoms with Crippen LogP contribution >= 0.6 is 0 Å². The van der Waals surface area contributed by atoms with Crippen LogP contribution in [0.25, 0.3) is 5.57 Å². The van der Waals surface area contributed by atoms with Gasteiger partial charge in [-0.2, -0.15) is 0 Å². The van der Waals surface area contributed by atoms with Crippen molar-refractivity contribution in [1.29, 1.82) is 0 Å². The van der Waals surface area contributed by atoms with Crippen LogP contribution in [0.2, 0.25) is 0 Å². The van der Waals surface area contributed by atoms with E-state index in [0.717, 1.165) is 5.69 Å². The first-order valence-corrected chi connectivity index (χ1v) is 12.3. The minimum absolute atomic E-state index is 0.0179. The van der Waals surface area contributed by atoms with Crippen LogP contribution in [0.5, 0.6) is 5.75 Å². The number of nitrogens with zero attached hydrogens (tertiary/aromatic N) is 3. The van der Waals surface area contributed by atoms with Gasteiger partial charge in [0.15, 0.2) is 0 Å². The van der Waals surface area contributed by atoms with Gasteiger partial charge in [-0.1, -0.05) is 18.2 Å². The van der Waals surface area contributed by atoms with Gasteiger partial charge in [0.1, 0.15) is 11.5 Å². The Morgan fingerprint density at radius 3 is 2.33 bits per heavy atom. The van der Waals surface area contributed by atoms with E-state index < -0.39 is 23.8 Å². The fourth-order valence-electron chi connectivity index (χ4n) is 4.69. The van der Waals surface area contributed by atoms with Crippen LogP contribution < -0.4 is 9.64 Å². The molecule has 2 amide bonds. The predicted octanol–water partition coefficient (Wildman–Crippen LogP) is 3.25. The molecule has 3 aliphatic rings.